The average molecular weight is 411 g/mol. The Balaban J connectivity index is 1.29. The van der Waals surface area contributed by atoms with Gasteiger partial charge in [-0.2, -0.15) is 0 Å². The zero-order valence-electron chi connectivity index (χ0n) is 16.2. The molecular weight excluding hydrogens is 390 g/mol. The predicted molar refractivity (Wildman–Crippen MR) is 107 cm³/mol. The summed E-state index contributed by atoms with van der Waals surface area (Å²) < 4.78 is 28.0. The van der Waals surface area contributed by atoms with E-state index in [1.807, 2.05) is 30.3 Å². The van der Waals surface area contributed by atoms with Crippen LogP contribution in [0.15, 0.2) is 40.9 Å². The van der Waals surface area contributed by atoms with Gasteiger partial charge in [-0.15, -0.1) is 5.10 Å². The van der Waals surface area contributed by atoms with Gasteiger partial charge >= 0.3 is 6.01 Å². The third-order valence-corrected chi connectivity index (χ3v) is 4.64. The summed E-state index contributed by atoms with van der Waals surface area (Å²) in [7, 11) is 0. The fourth-order valence-electron chi connectivity index (χ4n) is 3.21. The third-order valence-electron chi connectivity index (χ3n) is 4.64. The van der Waals surface area contributed by atoms with Gasteiger partial charge in [-0.3, -0.25) is 0 Å². The van der Waals surface area contributed by atoms with Crippen molar-refractivity contribution in [2.45, 2.75) is 6.10 Å². The first-order chi connectivity index (χ1) is 14.8. The zero-order valence-corrected chi connectivity index (χ0v) is 16.2. The van der Waals surface area contributed by atoms with Gasteiger partial charge < -0.3 is 34.0 Å². The van der Waals surface area contributed by atoms with Crippen molar-refractivity contribution in [2.75, 3.05) is 50.2 Å². The summed E-state index contributed by atoms with van der Waals surface area (Å²) >= 11 is 0. The highest BCUT2D eigenvalue weighted by Crippen LogP contribution is 2.34. The molecule has 1 aromatic carbocycles. The number of rotatable bonds is 6. The SMILES string of the molecule is c1cnc(NCC2COCCO2)c(-c2nnc(Nc3ccc4c(c3)OCCO4)o2)c1. The zero-order chi connectivity index (χ0) is 20.2. The Labute approximate surface area is 172 Å². The van der Waals surface area contributed by atoms with Gasteiger partial charge in [0.1, 0.15) is 19.0 Å². The lowest BCUT2D eigenvalue weighted by Gasteiger charge is -2.23. The lowest BCUT2D eigenvalue weighted by atomic mass is 10.2. The summed E-state index contributed by atoms with van der Waals surface area (Å²) in [5.41, 5.74) is 1.46. The van der Waals surface area contributed by atoms with Crippen molar-refractivity contribution in [3.63, 3.8) is 0 Å². The molecule has 1 fully saturated rings. The number of hydrogen-bond acceptors (Lipinski definition) is 10. The second-order valence-corrected chi connectivity index (χ2v) is 6.74. The van der Waals surface area contributed by atoms with Gasteiger partial charge in [-0.1, -0.05) is 5.10 Å². The molecule has 0 bridgehead atoms. The quantitative estimate of drug-likeness (QED) is 0.627. The third kappa shape index (κ3) is 4.14. The molecule has 0 radical (unpaired) electrons. The van der Waals surface area contributed by atoms with E-state index in [1.54, 1.807) is 6.20 Å². The molecule has 2 aromatic heterocycles. The highest BCUT2D eigenvalue weighted by atomic mass is 16.6. The van der Waals surface area contributed by atoms with E-state index >= 15 is 0 Å². The predicted octanol–water partition coefficient (Wildman–Crippen LogP) is 2.47. The molecule has 1 saturated heterocycles. The molecule has 0 amide bonds. The van der Waals surface area contributed by atoms with Gasteiger partial charge in [0.2, 0.25) is 0 Å². The molecule has 5 rings (SSSR count). The Bertz CT molecular complexity index is 1000. The van der Waals surface area contributed by atoms with Crippen molar-refractivity contribution >= 4 is 17.5 Å². The lowest BCUT2D eigenvalue weighted by Crippen LogP contribution is -2.34. The minimum Gasteiger partial charge on any atom is -0.486 e. The number of hydrogen-bond donors (Lipinski definition) is 2. The number of nitrogens with zero attached hydrogens (tertiary/aromatic N) is 3. The molecule has 0 spiro atoms. The Morgan fingerprint density at radius 1 is 1.00 bits per heavy atom. The van der Waals surface area contributed by atoms with Crippen LogP contribution in [-0.2, 0) is 9.47 Å². The molecule has 2 N–H and O–H groups in total. The fourth-order valence-corrected chi connectivity index (χ4v) is 3.21. The summed E-state index contributed by atoms with van der Waals surface area (Å²) in [5.74, 6) is 2.39. The van der Waals surface area contributed by atoms with E-state index in [2.05, 4.69) is 25.8 Å². The highest BCUT2D eigenvalue weighted by Gasteiger charge is 2.18. The average Bonchev–Trinajstić information content (AvgIpc) is 3.27. The molecule has 2 aliphatic rings. The molecule has 156 valence electrons. The molecule has 4 heterocycles. The van der Waals surface area contributed by atoms with Gasteiger partial charge in [0.05, 0.1) is 31.5 Å². The molecule has 2 aliphatic heterocycles. The van der Waals surface area contributed by atoms with Crippen molar-refractivity contribution in [3.05, 3.63) is 36.5 Å². The van der Waals surface area contributed by atoms with Gasteiger partial charge in [0.15, 0.2) is 11.5 Å². The largest absolute Gasteiger partial charge is 0.486 e. The Hall–Kier alpha value is -3.37. The Kier molecular flexibility index (Phi) is 5.32. The van der Waals surface area contributed by atoms with Gasteiger partial charge in [0, 0.05) is 24.5 Å². The van der Waals surface area contributed by atoms with Gasteiger partial charge in [0.25, 0.3) is 5.89 Å². The fraction of sp³-hybridized carbons (Fsp3) is 0.350. The standard InChI is InChI=1S/C20H21N5O5/c1-2-15(18(21-5-1)22-11-14-12-26-6-7-27-14)19-24-25-20(30-19)23-13-3-4-16-17(10-13)29-9-8-28-16/h1-5,10,14H,6-9,11-12H2,(H,21,22)(H,23,25). The molecule has 0 aliphatic carbocycles. The number of benzene rings is 1. The first-order valence-electron chi connectivity index (χ1n) is 9.74. The molecule has 1 atom stereocenters. The van der Waals surface area contributed by atoms with Crippen molar-refractivity contribution < 1.29 is 23.4 Å². The monoisotopic (exact) mass is 411 g/mol. The second kappa shape index (κ2) is 8.56. The number of aromatic nitrogens is 3. The van der Waals surface area contributed by atoms with Crippen LogP contribution in [0.4, 0.5) is 17.5 Å². The normalized spacial score (nSPS) is 18.1. The molecule has 1 unspecified atom stereocenters. The number of nitrogens with one attached hydrogen (secondary N) is 2. The van der Waals surface area contributed by atoms with Crippen LogP contribution in [0.3, 0.4) is 0 Å². The minimum atomic E-state index is -0.0243. The molecule has 10 nitrogen and oxygen atoms in total. The van der Waals surface area contributed by atoms with Crippen molar-refractivity contribution in [3.8, 4) is 23.0 Å². The summed E-state index contributed by atoms with van der Waals surface area (Å²) in [6.45, 7) is 3.43. The lowest BCUT2D eigenvalue weighted by molar-refractivity contribution is -0.0819. The molecule has 0 saturated carbocycles. The van der Waals surface area contributed by atoms with Crippen LogP contribution in [-0.4, -0.2) is 60.9 Å². The maximum absolute atomic E-state index is 5.81. The van der Waals surface area contributed by atoms with E-state index in [4.69, 9.17) is 23.4 Å². The molecule has 10 heteroatoms. The number of anilines is 3. The number of ether oxygens (including phenoxy) is 4. The Morgan fingerprint density at radius 3 is 2.83 bits per heavy atom. The van der Waals surface area contributed by atoms with Crippen molar-refractivity contribution in [2.24, 2.45) is 0 Å². The Morgan fingerprint density at radius 2 is 1.93 bits per heavy atom. The van der Waals surface area contributed by atoms with Crippen LogP contribution in [0.25, 0.3) is 11.5 Å². The van der Waals surface area contributed by atoms with Crippen LogP contribution in [0, 0.1) is 0 Å². The minimum absolute atomic E-state index is 0.0243. The van der Waals surface area contributed by atoms with Crippen LogP contribution in [0.5, 0.6) is 11.5 Å². The second-order valence-electron chi connectivity index (χ2n) is 6.74. The van der Waals surface area contributed by atoms with E-state index < -0.39 is 0 Å². The van der Waals surface area contributed by atoms with Gasteiger partial charge in [-0.25, -0.2) is 4.98 Å². The molecular formula is C20H21N5O5. The maximum Gasteiger partial charge on any atom is 0.320 e. The molecule has 30 heavy (non-hydrogen) atoms. The first kappa shape index (κ1) is 18.6. The maximum atomic E-state index is 5.81. The van der Waals surface area contributed by atoms with E-state index in [1.165, 1.54) is 0 Å². The summed E-state index contributed by atoms with van der Waals surface area (Å²) in [6, 6.07) is 9.49. The highest BCUT2D eigenvalue weighted by molar-refractivity contribution is 5.69. The molecule has 3 aromatic rings. The van der Waals surface area contributed by atoms with Crippen molar-refractivity contribution in [1.29, 1.82) is 0 Å². The number of fused-ring (bicyclic) bond motifs is 1. The van der Waals surface area contributed by atoms with Crippen LogP contribution in [0.1, 0.15) is 0 Å². The van der Waals surface area contributed by atoms with Crippen LogP contribution in [0.2, 0.25) is 0 Å². The summed E-state index contributed by atoms with van der Waals surface area (Å²) in [6.07, 6.45) is 1.68. The smallest absolute Gasteiger partial charge is 0.320 e. The van der Waals surface area contributed by atoms with E-state index in [9.17, 15) is 0 Å². The van der Waals surface area contributed by atoms with Gasteiger partial charge in [-0.05, 0) is 24.3 Å². The van der Waals surface area contributed by atoms with Crippen LogP contribution < -0.4 is 20.1 Å². The van der Waals surface area contributed by atoms with E-state index in [0.717, 1.165) is 11.4 Å². The first-order valence-corrected chi connectivity index (χ1v) is 9.74. The van der Waals surface area contributed by atoms with Crippen molar-refractivity contribution in [1.82, 2.24) is 15.2 Å². The summed E-state index contributed by atoms with van der Waals surface area (Å²) in [4.78, 5) is 4.39. The van der Waals surface area contributed by atoms with Crippen LogP contribution >= 0.6 is 0 Å². The van der Waals surface area contributed by atoms with E-state index in [-0.39, 0.29) is 12.1 Å². The number of pyridine rings is 1. The summed E-state index contributed by atoms with van der Waals surface area (Å²) in [5, 5.41) is 14.6. The topological polar surface area (TPSA) is 113 Å². The van der Waals surface area contributed by atoms with E-state index in [0.29, 0.717) is 62.6 Å².